The van der Waals surface area contributed by atoms with Gasteiger partial charge in [0.2, 0.25) is 0 Å². The van der Waals surface area contributed by atoms with Gasteiger partial charge >= 0.3 is 0 Å². The molecule has 0 saturated heterocycles. The van der Waals surface area contributed by atoms with Gasteiger partial charge in [0, 0.05) is 18.3 Å². The molecule has 0 aliphatic carbocycles. The van der Waals surface area contributed by atoms with Crippen molar-refractivity contribution in [2.75, 3.05) is 11.9 Å². The standard InChI is InChI=1S/C13H22N2/c1-3-7-11(2)13(10-14)15-12-8-5-4-6-9-12/h4-6,8-9,11,13,15H,3,7,10,14H2,1-2H3. The van der Waals surface area contributed by atoms with Crippen molar-refractivity contribution in [3.63, 3.8) is 0 Å². The van der Waals surface area contributed by atoms with Crippen molar-refractivity contribution in [1.29, 1.82) is 0 Å². The van der Waals surface area contributed by atoms with Crippen LogP contribution in [0.5, 0.6) is 0 Å². The number of nitrogens with one attached hydrogen (secondary N) is 1. The Balaban J connectivity index is 2.53. The molecule has 0 saturated carbocycles. The van der Waals surface area contributed by atoms with Crippen LogP contribution in [0.2, 0.25) is 0 Å². The van der Waals surface area contributed by atoms with Gasteiger partial charge < -0.3 is 11.1 Å². The number of nitrogens with two attached hydrogens (primary N) is 1. The molecule has 2 heteroatoms. The van der Waals surface area contributed by atoms with E-state index in [-0.39, 0.29) is 0 Å². The normalized spacial score (nSPS) is 14.6. The Hall–Kier alpha value is -1.02. The van der Waals surface area contributed by atoms with Crippen LogP contribution in [0.25, 0.3) is 0 Å². The molecule has 2 nitrogen and oxygen atoms in total. The maximum atomic E-state index is 5.79. The van der Waals surface area contributed by atoms with Crippen molar-refractivity contribution in [2.24, 2.45) is 11.7 Å². The molecule has 0 radical (unpaired) electrons. The maximum Gasteiger partial charge on any atom is 0.0409 e. The first kappa shape index (κ1) is 12.1. The SMILES string of the molecule is CCCC(C)C(CN)Nc1ccccc1. The van der Waals surface area contributed by atoms with E-state index in [1.54, 1.807) is 0 Å². The Morgan fingerprint density at radius 1 is 1.27 bits per heavy atom. The molecular formula is C13H22N2. The molecule has 0 aliphatic rings. The van der Waals surface area contributed by atoms with Gasteiger partial charge in [-0.3, -0.25) is 0 Å². The number of hydrogen-bond donors (Lipinski definition) is 2. The van der Waals surface area contributed by atoms with Crippen molar-refractivity contribution >= 4 is 5.69 Å². The van der Waals surface area contributed by atoms with E-state index in [9.17, 15) is 0 Å². The third-order valence-electron chi connectivity index (χ3n) is 2.81. The monoisotopic (exact) mass is 206 g/mol. The summed E-state index contributed by atoms with van der Waals surface area (Å²) in [6, 6.07) is 10.7. The van der Waals surface area contributed by atoms with Gasteiger partial charge in [-0.05, 0) is 24.5 Å². The molecule has 15 heavy (non-hydrogen) atoms. The van der Waals surface area contributed by atoms with Gasteiger partial charge in [-0.15, -0.1) is 0 Å². The third kappa shape index (κ3) is 3.92. The van der Waals surface area contributed by atoms with Crippen molar-refractivity contribution in [3.8, 4) is 0 Å². The van der Waals surface area contributed by atoms with Crippen LogP contribution in [0.3, 0.4) is 0 Å². The van der Waals surface area contributed by atoms with Gasteiger partial charge in [0.05, 0.1) is 0 Å². The van der Waals surface area contributed by atoms with Gasteiger partial charge in [0.15, 0.2) is 0 Å². The van der Waals surface area contributed by atoms with Crippen LogP contribution >= 0.6 is 0 Å². The molecule has 0 amide bonds. The van der Waals surface area contributed by atoms with E-state index in [0.29, 0.717) is 18.5 Å². The highest BCUT2D eigenvalue weighted by atomic mass is 14.9. The minimum atomic E-state index is 0.382. The lowest BCUT2D eigenvalue weighted by Gasteiger charge is -2.24. The van der Waals surface area contributed by atoms with Gasteiger partial charge in [-0.25, -0.2) is 0 Å². The lowest BCUT2D eigenvalue weighted by atomic mass is 9.96. The highest BCUT2D eigenvalue weighted by molar-refractivity contribution is 5.43. The fourth-order valence-electron chi connectivity index (χ4n) is 1.84. The van der Waals surface area contributed by atoms with E-state index in [2.05, 4.69) is 31.3 Å². The van der Waals surface area contributed by atoms with E-state index >= 15 is 0 Å². The molecule has 1 aromatic carbocycles. The maximum absolute atomic E-state index is 5.79. The Bertz CT molecular complexity index is 258. The number of para-hydroxylation sites is 1. The van der Waals surface area contributed by atoms with Crippen LogP contribution < -0.4 is 11.1 Å². The van der Waals surface area contributed by atoms with Crippen molar-refractivity contribution in [3.05, 3.63) is 30.3 Å². The van der Waals surface area contributed by atoms with Crippen LogP contribution in [0.15, 0.2) is 30.3 Å². The smallest absolute Gasteiger partial charge is 0.0409 e. The molecule has 2 atom stereocenters. The summed E-state index contributed by atoms with van der Waals surface area (Å²) < 4.78 is 0. The van der Waals surface area contributed by atoms with E-state index in [0.717, 1.165) is 5.69 Å². The lowest BCUT2D eigenvalue weighted by molar-refractivity contribution is 0.450. The molecule has 0 aromatic heterocycles. The summed E-state index contributed by atoms with van der Waals surface area (Å²) >= 11 is 0. The second-order valence-corrected chi connectivity index (χ2v) is 4.12. The lowest BCUT2D eigenvalue weighted by Crippen LogP contribution is -2.34. The number of rotatable bonds is 6. The molecule has 1 aromatic rings. The van der Waals surface area contributed by atoms with E-state index < -0.39 is 0 Å². The van der Waals surface area contributed by atoms with Crippen molar-refractivity contribution in [2.45, 2.75) is 32.7 Å². The largest absolute Gasteiger partial charge is 0.381 e. The van der Waals surface area contributed by atoms with Crippen LogP contribution in [-0.2, 0) is 0 Å². The summed E-state index contributed by atoms with van der Waals surface area (Å²) in [4.78, 5) is 0. The first-order valence-corrected chi connectivity index (χ1v) is 5.79. The summed E-state index contributed by atoms with van der Waals surface area (Å²) in [5.41, 5.74) is 6.95. The Morgan fingerprint density at radius 3 is 2.47 bits per heavy atom. The van der Waals surface area contributed by atoms with Crippen LogP contribution in [0, 0.1) is 5.92 Å². The van der Waals surface area contributed by atoms with Gasteiger partial charge in [-0.2, -0.15) is 0 Å². The predicted molar refractivity (Wildman–Crippen MR) is 67.0 cm³/mol. The first-order chi connectivity index (χ1) is 7.27. The summed E-state index contributed by atoms with van der Waals surface area (Å²) in [6.07, 6.45) is 2.44. The Kier molecular flexibility index (Phi) is 5.19. The van der Waals surface area contributed by atoms with Crippen molar-refractivity contribution < 1.29 is 0 Å². The molecule has 0 fully saturated rings. The van der Waals surface area contributed by atoms with Gasteiger partial charge in [-0.1, -0.05) is 38.5 Å². The molecule has 2 unspecified atom stereocenters. The molecule has 1 rings (SSSR count). The van der Waals surface area contributed by atoms with Crippen LogP contribution in [-0.4, -0.2) is 12.6 Å². The van der Waals surface area contributed by atoms with Crippen LogP contribution in [0.4, 0.5) is 5.69 Å². The van der Waals surface area contributed by atoms with E-state index in [1.807, 2.05) is 18.2 Å². The summed E-state index contributed by atoms with van der Waals surface area (Å²) in [5.74, 6) is 0.625. The molecule has 0 aliphatic heterocycles. The fraction of sp³-hybridized carbons (Fsp3) is 0.538. The molecule has 84 valence electrons. The van der Waals surface area contributed by atoms with Crippen LogP contribution in [0.1, 0.15) is 26.7 Å². The van der Waals surface area contributed by atoms with Gasteiger partial charge in [0.25, 0.3) is 0 Å². The zero-order chi connectivity index (χ0) is 11.1. The minimum absolute atomic E-state index is 0.382. The number of anilines is 1. The highest BCUT2D eigenvalue weighted by Gasteiger charge is 2.14. The topological polar surface area (TPSA) is 38.0 Å². The number of benzene rings is 1. The van der Waals surface area contributed by atoms with Gasteiger partial charge in [0.1, 0.15) is 0 Å². The summed E-state index contributed by atoms with van der Waals surface area (Å²) in [6.45, 7) is 5.17. The first-order valence-electron chi connectivity index (χ1n) is 5.79. The summed E-state index contributed by atoms with van der Waals surface area (Å²) in [7, 11) is 0. The van der Waals surface area contributed by atoms with E-state index in [1.165, 1.54) is 12.8 Å². The molecule has 0 heterocycles. The zero-order valence-electron chi connectivity index (χ0n) is 9.74. The zero-order valence-corrected chi connectivity index (χ0v) is 9.74. The molecule has 0 bridgehead atoms. The average molecular weight is 206 g/mol. The third-order valence-corrected chi connectivity index (χ3v) is 2.81. The second kappa shape index (κ2) is 6.46. The number of hydrogen-bond acceptors (Lipinski definition) is 2. The summed E-state index contributed by atoms with van der Waals surface area (Å²) in [5, 5.41) is 3.49. The predicted octanol–water partition coefficient (Wildman–Crippen LogP) is 2.86. The average Bonchev–Trinajstić information content (AvgIpc) is 2.27. The second-order valence-electron chi connectivity index (χ2n) is 4.12. The Labute approximate surface area is 92.9 Å². The highest BCUT2D eigenvalue weighted by Crippen LogP contribution is 2.15. The quantitative estimate of drug-likeness (QED) is 0.751. The molecule has 0 spiro atoms. The Morgan fingerprint density at radius 2 is 1.93 bits per heavy atom. The van der Waals surface area contributed by atoms with E-state index in [4.69, 9.17) is 5.73 Å². The molecular weight excluding hydrogens is 184 g/mol. The fourth-order valence-corrected chi connectivity index (χ4v) is 1.84. The minimum Gasteiger partial charge on any atom is -0.381 e. The van der Waals surface area contributed by atoms with Crippen molar-refractivity contribution in [1.82, 2.24) is 0 Å². The molecule has 3 N–H and O–H groups in total.